The summed E-state index contributed by atoms with van der Waals surface area (Å²) in [5, 5.41) is 18.5. The Balaban J connectivity index is 2.94. The minimum absolute atomic E-state index is 0.130. The minimum atomic E-state index is -0.654. The Morgan fingerprint density at radius 2 is 1.92 bits per heavy atom. The second-order valence-electron chi connectivity index (χ2n) is 2.83. The molecule has 1 aromatic carbocycles. The maximum Gasteiger partial charge on any atom is 0.120 e. The predicted molar refractivity (Wildman–Crippen MR) is 46.7 cm³/mol. The van der Waals surface area contributed by atoms with Crippen LogP contribution < -0.4 is 5.73 Å². The van der Waals surface area contributed by atoms with Crippen LogP contribution in [-0.4, -0.2) is 16.3 Å². The number of phenols is 1. The van der Waals surface area contributed by atoms with Gasteiger partial charge in [-0.15, -0.1) is 0 Å². The summed E-state index contributed by atoms with van der Waals surface area (Å²) in [5.74, 6) is 0.130. The SMILES string of the molecule is CC(O)[C@@H](N)c1ccccc1O. The van der Waals surface area contributed by atoms with Gasteiger partial charge in [0, 0.05) is 5.56 Å². The fourth-order valence-electron chi connectivity index (χ4n) is 1.03. The van der Waals surface area contributed by atoms with Crippen molar-refractivity contribution in [3.63, 3.8) is 0 Å². The van der Waals surface area contributed by atoms with E-state index in [1.807, 2.05) is 0 Å². The first kappa shape index (κ1) is 9.03. The van der Waals surface area contributed by atoms with Crippen LogP contribution in [0.3, 0.4) is 0 Å². The Kier molecular flexibility index (Phi) is 2.68. The van der Waals surface area contributed by atoms with E-state index >= 15 is 0 Å². The molecule has 3 nitrogen and oxygen atoms in total. The molecule has 0 radical (unpaired) electrons. The fraction of sp³-hybridized carbons (Fsp3) is 0.333. The summed E-state index contributed by atoms with van der Waals surface area (Å²) in [5.41, 5.74) is 6.20. The molecule has 0 heterocycles. The van der Waals surface area contributed by atoms with Crippen molar-refractivity contribution in [2.75, 3.05) is 0 Å². The van der Waals surface area contributed by atoms with Crippen molar-refractivity contribution in [3.05, 3.63) is 29.8 Å². The van der Waals surface area contributed by atoms with Gasteiger partial charge in [0.2, 0.25) is 0 Å². The van der Waals surface area contributed by atoms with Gasteiger partial charge >= 0.3 is 0 Å². The van der Waals surface area contributed by atoms with Crippen molar-refractivity contribution in [2.45, 2.75) is 19.1 Å². The van der Waals surface area contributed by atoms with E-state index in [0.29, 0.717) is 5.56 Å². The Morgan fingerprint density at radius 1 is 1.33 bits per heavy atom. The van der Waals surface area contributed by atoms with Crippen LogP contribution in [0.5, 0.6) is 5.75 Å². The predicted octanol–water partition coefficient (Wildman–Crippen LogP) is 0.773. The second kappa shape index (κ2) is 3.56. The highest BCUT2D eigenvalue weighted by atomic mass is 16.3. The molecule has 1 rings (SSSR count). The molecule has 0 saturated carbocycles. The molecular weight excluding hydrogens is 154 g/mol. The van der Waals surface area contributed by atoms with Crippen molar-refractivity contribution in [2.24, 2.45) is 5.73 Å². The normalized spacial score (nSPS) is 15.6. The molecule has 4 N–H and O–H groups in total. The van der Waals surface area contributed by atoms with E-state index in [1.54, 1.807) is 31.2 Å². The number of hydrogen-bond acceptors (Lipinski definition) is 3. The molecule has 0 saturated heterocycles. The van der Waals surface area contributed by atoms with Crippen molar-refractivity contribution in [3.8, 4) is 5.75 Å². The number of hydrogen-bond donors (Lipinski definition) is 3. The number of aliphatic hydroxyl groups excluding tert-OH is 1. The van der Waals surface area contributed by atoms with E-state index < -0.39 is 12.1 Å². The zero-order valence-electron chi connectivity index (χ0n) is 6.94. The lowest BCUT2D eigenvalue weighted by molar-refractivity contribution is 0.163. The van der Waals surface area contributed by atoms with Gasteiger partial charge in [0.15, 0.2) is 0 Å². The lowest BCUT2D eigenvalue weighted by atomic mass is 10.0. The van der Waals surface area contributed by atoms with Crippen LogP contribution in [0.2, 0.25) is 0 Å². The zero-order chi connectivity index (χ0) is 9.14. The highest BCUT2D eigenvalue weighted by molar-refractivity contribution is 5.34. The Morgan fingerprint density at radius 3 is 2.42 bits per heavy atom. The third-order valence-corrected chi connectivity index (χ3v) is 1.82. The monoisotopic (exact) mass is 167 g/mol. The number of benzene rings is 1. The summed E-state index contributed by atoms with van der Waals surface area (Å²) in [7, 11) is 0. The number of rotatable bonds is 2. The van der Waals surface area contributed by atoms with Crippen LogP contribution >= 0.6 is 0 Å². The van der Waals surface area contributed by atoms with Crippen molar-refractivity contribution in [1.82, 2.24) is 0 Å². The third kappa shape index (κ3) is 1.75. The quantitative estimate of drug-likeness (QED) is 0.609. The molecule has 0 fully saturated rings. The van der Waals surface area contributed by atoms with Gasteiger partial charge in [-0.2, -0.15) is 0 Å². The fourth-order valence-corrected chi connectivity index (χ4v) is 1.03. The van der Waals surface area contributed by atoms with Crippen LogP contribution in [0.4, 0.5) is 0 Å². The number of phenolic OH excluding ortho intramolecular Hbond substituents is 1. The molecule has 0 aromatic heterocycles. The molecule has 1 unspecified atom stereocenters. The first-order valence-electron chi connectivity index (χ1n) is 3.84. The molecule has 0 aliphatic carbocycles. The van der Waals surface area contributed by atoms with E-state index in [2.05, 4.69) is 0 Å². The lowest BCUT2D eigenvalue weighted by Gasteiger charge is -2.15. The lowest BCUT2D eigenvalue weighted by Crippen LogP contribution is -2.23. The Bertz CT molecular complexity index is 260. The van der Waals surface area contributed by atoms with Gasteiger partial charge in [0.25, 0.3) is 0 Å². The summed E-state index contributed by atoms with van der Waals surface area (Å²) in [6.07, 6.45) is -0.654. The van der Waals surface area contributed by atoms with Crippen LogP contribution in [0.25, 0.3) is 0 Å². The van der Waals surface area contributed by atoms with Crippen molar-refractivity contribution in [1.29, 1.82) is 0 Å². The zero-order valence-corrected chi connectivity index (χ0v) is 6.94. The number of para-hydroxylation sites is 1. The average Bonchev–Trinajstić information content (AvgIpc) is 2.04. The first-order valence-corrected chi connectivity index (χ1v) is 3.84. The molecule has 66 valence electrons. The minimum Gasteiger partial charge on any atom is -0.508 e. The smallest absolute Gasteiger partial charge is 0.120 e. The average molecular weight is 167 g/mol. The van der Waals surface area contributed by atoms with E-state index in [4.69, 9.17) is 10.8 Å². The van der Waals surface area contributed by atoms with E-state index in [-0.39, 0.29) is 5.75 Å². The standard InChI is InChI=1S/C9H13NO2/c1-6(11)9(10)7-4-2-3-5-8(7)12/h2-6,9,11-12H,10H2,1H3/t6?,9-/m1/s1. The van der Waals surface area contributed by atoms with Crippen LogP contribution in [0.15, 0.2) is 24.3 Å². The summed E-state index contributed by atoms with van der Waals surface area (Å²) in [6, 6.07) is 6.22. The van der Waals surface area contributed by atoms with Gasteiger partial charge in [0.05, 0.1) is 12.1 Å². The van der Waals surface area contributed by atoms with Crippen LogP contribution in [-0.2, 0) is 0 Å². The molecular formula is C9H13NO2. The highest BCUT2D eigenvalue weighted by Crippen LogP contribution is 2.23. The largest absolute Gasteiger partial charge is 0.508 e. The summed E-state index contributed by atoms with van der Waals surface area (Å²) < 4.78 is 0. The number of nitrogens with two attached hydrogens (primary N) is 1. The Labute approximate surface area is 71.5 Å². The first-order chi connectivity index (χ1) is 5.63. The topological polar surface area (TPSA) is 66.5 Å². The van der Waals surface area contributed by atoms with Crippen LogP contribution in [0.1, 0.15) is 18.5 Å². The van der Waals surface area contributed by atoms with E-state index in [9.17, 15) is 5.11 Å². The molecule has 0 spiro atoms. The maximum atomic E-state index is 9.34. The van der Waals surface area contributed by atoms with Crippen LogP contribution in [0, 0.1) is 0 Å². The molecule has 0 bridgehead atoms. The molecule has 0 amide bonds. The third-order valence-electron chi connectivity index (χ3n) is 1.82. The molecule has 2 atom stereocenters. The molecule has 1 aromatic rings. The maximum absolute atomic E-state index is 9.34. The number of aliphatic hydroxyl groups is 1. The summed E-state index contributed by atoms with van der Waals surface area (Å²) in [6.45, 7) is 1.59. The summed E-state index contributed by atoms with van der Waals surface area (Å²) in [4.78, 5) is 0. The van der Waals surface area contributed by atoms with Gasteiger partial charge in [-0.25, -0.2) is 0 Å². The van der Waals surface area contributed by atoms with Gasteiger partial charge in [0.1, 0.15) is 5.75 Å². The summed E-state index contributed by atoms with van der Waals surface area (Å²) >= 11 is 0. The van der Waals surface area contributed by atoms with Crippen molar-refractivity contribution >= 4 is 0 Å². The second-order valence-corrected chi connectivity index (χ2v) is 2.83. The molecule has 12 heavy (non-hydrogen) atoms. The van der Waals surface area contributed by atoms with Gasteiger partial charge in [-0.3, -0.25) is 0 Å². The molecule has 3 heteroatoms. The van der Waals surface area contributed by atoms with Gasteiger partial charge in [-0.05, 0) is 13.0 Å². The molecule has 0 aliphatic heterocycles. The van der Waals surface area contributed by atoms with E-state index in [1.165, 1.54) is 0 Å². The highest BCUT2D eigenvalue weighted by Gasteiger charge is 2.14. The molecule has 0 aliphatic rings. The number of aromatic hydroxyl groups is 1. The van der Waals surface area contributed by atoms with E-state index in [0.717, 1.165) is 0 Å². The van der Waals surface area contributed by atoms with Crippen molar-refractivity contribution < 1.29 is 10.2 Å². The van der Waals surface area contributed by atoms with Gasteiger partial charge in [-0.1, -0.05) is 18.2 Å². The Hall–Kier alpha value is -1.06. The van der Waals surface area contributed by atoms with Gasteiger partial charge < -0.3 is 15.9 Å².